The van der Waals surface area contributed by atoms with Gasteiger partial charge in [-0.2, -0.15) is 0 Å². The van der Waals surface area contributed by atoms with E-state index in [1.54, 1.807) is 11.8 Å². The Kier molecular flexibility index (Phi) is 4.32. The van der Waals surface area contributed by atoms with Crippen LogP contribution in [-0.4, -0.2) is 37.5 Å². The van der Waals surface area contributed by atoms with Gasteiger partial charge in [-0.15, -0.1) is 11.8 Å². The second-order valence-corrected chi connectivity index (χ2v) is 8.14. The molecule has 6 nitrogen and oxygen atoms in total. The number of carbonyl (C=O) groups is 2. The number of aromatic amines is 1. The van der Waals surface area contributed by atoms with Gasteiger partial charge in [0.25, 0.3) is 0 Å². The Labute approximate surface area is 128 Å². The molecule has 116 valence electrons. The molecule has 0 atom stereocenters. The van der Waals surface area contributed by atoms with Crippen LogP contribution >= 0.6 is 11.8 Å². The summed E-state index contributed by atoms with van der Waals surface area (Å²) >= 11 is 1.59. The number of carboxylic acids is 1. The fraction of sp³-hybridized carbons (Fsp3) is 0.643. The van der Waals surface area contributed by atoms with Gasteiger partial charge in [-0.25, -0.2) is 9.78 Å². The van der Waals surface area contributed by atoms with Crippen molar-refractivity contribution < 1.29 is 14.7 Å². The van der Waals surface area contributed by atoms with Crippen LogP contribution in [0.5, 0.6) is 0 Å². The van der Waals surface area contributed by atoms with Crippen LogP contribution in [0.4, 0.5) is 0 Å². The van der Waals surface area contributed by atoms with E-state index in [1.807, 2.05) is 0 Å². The van der Waals surface area contributed by atoms with Gasteiger partial charge in [0, 0.05) is 4.75 Å². The molecule has 0 bridgehead atoms. The molecule has 0 aliphatic heterocycles. The van der Waals surface area contributed by atoms with Crippen molar-refractivity contribution in [2.45, 2.75) is 50.3 Å². The topological polar surface area (TPSA) is 95.1 Å². The molecule has 0 saturated heterocycles. The first-order valence-corrected chi connectivity index (χ1v) is 7.94. The SMILES string of the molecule is CC(C)(C)SCC(=O)NC1(c2ncc(C(=O)O)[nH]2)CCC1. The van der Waals surface area contributed by atoms with E-state index in [1.165, 1.54) is 6.20 Å². The number of nitrogens with zero attached hydrogens (tertiary/aromatic N) is 1. The molecular weight excluding hydrogens is 290 g/mol. The largest absolute Gasteiger partial charge is 0.477 e. The van der Waals surface area contributed by atoms with Gasteiger partial charge in [0.2, 0.25) is 5.91 Å². The average molecular weight is 311 g/mol. The Bertz CT molecular complexity index is 544. The molecule has 1 aliphatic rings. The first-order chi connectivity index (χ1) is 9.72. The van der Waals surface area contributed by atoms with Crippen LogP contribution in [0, 0.1) is 0 Å². The molecule has 1 aliphatic carbocycles. The number of amides is 1. The third-order valence-electron chi connectivity index (χ3n) is 3.48. The molecular formula is C14H21N3O3S. The summed E-state index contributed by atoms with van der Waals surface area (Å²) in [7, 11) is 0. The van der Waals surface area contributed by atoms with Crippen LogP contribution < -0.4 is 5.32 Å². The summed E-state index contributed by atoms with van der Waals surface area (Å²) in [6, 6.07) is 0. The Morgan fingerprint density at radius 1 is 1.48 bits per heavy atom. The van der Waals surface area contributed by atoms with E-state index < -0.39 is 11.5 Å². The number of thioether (sulfide) groups is 1. The minimum Gasteiger partial charge on any atom is -0.477 e. The number of aromatic carboxylic acids is 1. The van der Waals surface area contributed by atoms with Crippen LogP contribution in [0.3, 0.4) is 0 Å². The maximum Gasteiger partial charge on any atom is 0.353 e. The number of aromatic nitrogens is 2. The van der Waals surface area contributed by atoms with Crippen LogP contribution in [0.1, 0.15) is 56.3 Å². The zero-order valence-corrected chi connectivity index (χ0v) is 13.3. The second-order valence-electron chi connectivity index (χ2n) is 6.34. The molecule has 3 N–H and O–H groups in total. The molecule has 0 unspecified atom stereocenters. The number of rotatable bonds is 5. The van der Waals surface area contributed by atoms with Gasteiger partial charge in [-0.1, -0.05) is 20.8 Å². The van der Waals surface area contributed by atoms with Crippen molar-refractivity contribution in [3.05, 3.63) is 17.7 Å². The molecule has 1 heterocycles. The fourth-order valence-electron chi connectivity index (χ4n) is 2.21. The first kappa shape index (κ1) is 15.9. The van der Waals surface area contributed by atoms with Crippen molar-refractivity contribution in [1.82, 2.24) is 15.3 Å². The van der Waals surface area contributed by atoms with Gasteiger partial charge in [-0.05, 0) is 19.3 Å². The lowest BCUT2D eigenvalue weighted by molar-refractivity contribution is -0.121. The van der Waals surface area contributed by atoms with Crippen molar-refractivity contribution in [2.24, 2.45) is 0 Å². The van der Waals surface area contributed by atoms with Crippen molar-refractivity contribution >= 4 is 23.6 Å². The lowest BCUT2D eigenvalue weighted by Crippen LogP contribution is -2.52. The van der Waals surface area contributed by atoms with E-state index in [4.69, 9.17) is 5.11 Å². The molecule has 21 heavy (non-hydrogen) atoms. The molecule has 1 saturated carbocycles. The molecule has 0 radical (unpaired) electrons. The normalized spacial score (nSPS) is 17.1. The Morgan fingerprint density at radius 2 is 2.14 bits per heavy atom. The summed E-state index contributed by atoms with van der Waals surface area (Å²) in [6.45, 7) is 6.20. The quantitative estimate of drug-likeness (QED) is 0.774. The summed E-state index contributed by atoms with van der Waals surface area (Å²) in [5, 5.41) is 12.0. The van der Waals surface area contributed by atoms with Crippen molar-refractivity contribution in [2.75, 3.05) is 5.75 Å². The van der Waals surface area contributed by atoms with Crippen LogP contribution in [0.2, 0.25) is 0 Å². The predicted molar refractivity (Wildman–Crippen MR) is 81.4 cm³/mol. The van der Waals surface area contributed by atoms with Gasteiger partial charge in [-0.3, -0.25) is 4.79 Å². The molecule has 2 rings (SSSR count). The fourth-order valence-corrected chi connectivity index (χ4v) is 2.85. The standard InChI is InChI=1S/C14H21N3O3S/c1-13(2,3)21-8-10(18)17-14(5-4-6-14)12-15-7-9(16-12)11(19)20/h7H,4-6,8H2,1-3H3,(H,15,16)(H,17,18)(H,19,20). The average Bonchev–Trinajstić information content (AvgIpc) is 2.80. The van der Waals surface area contributed by atoms with Crippen LogP contribution in [-0.2, 0) is 10.3 Å². The summed E-state index contributed by atoms with van der Waals surface area (Å²) in [6.07, 6.45) is 3.86. The highest BCUT2D eigenvalue weighted by molar-refractivity contribution is 8.01. The summed E-state index contributed by atoms with van der Waals surface area (Å²) in [5.74, 6) is -0.154. The minimum absolute atomic E-state index is 0.0330. The monoisotopic (exact) mass is 311 g/mol. The van der Waals surface area contributed by atoms with Gasteiger partial charge >= 0.3 is 5.97 Å². The van der Waals surface area contributed by atoms with E-state index in [0.29, 0.717) is 11.6 Å². The first-order valence-electron chi connectivity index (χ1n) is 6.96. The summed E-state index contributed by atoms with van der Waals surface area (Å²) in [5.41, 5.74) is -0.474. The van der Waals surface area contributed by atoms with Gasteiger partial charge in [0.15, 0.2) is 0 Å². The summed E-state index contributed by atoms with van der Waals surface area (Å²) < 4.78 is 0.0330. The van der Waals surface area contributed by atoms with E-state index in [9.17, 15) is 9.59 Å². The number of nitrogens with one attached hydrogen (secondary N) is 2. The summed E-state index contributed by atoms with van der Waals surface area (Å²) in [4.78, 5) is 30.0. The maximum absolute atomic E-state index is 12.1. The lowest BCUT2D eigenvalue weighted by Gasteiger charge is -2.41. The highest BCUT2D eigenvalue weighted by Gasteiger charge is 2.42. The number of carbonyl (C=O) groups excluding carboxylic acids is 1. The van der Waals surface area contributed by atoms with Crippen molar-refractivity contribution in [1.29, 1.82) is 0 Å². The van der Waals surface area contributed by atoms with Crippen LogP contribution in [0.15, 0.2) is 6.20 Å². The molecule has 0 spiro atoms. The zero-order chi connectivity index (χ0) is 15.7. The molecule has 1 aromatic heterocycles. The minimum atomic E-state index is -1.04. The molecule has 0 aromatic carbocycles. The highest BCUT2D eigenvalue weighted by Crippen LogP contribution is 2.40. The Morgan fingerprint density at radius 3 is 2.57 bits per heavy atom. The van der Waals surface area contributed by atoms with Gasteiger partial charge in [0.05, 0.1) is 17.5 Å². The Balaban J connectivity index is 2.04. The van der Waals surface area contributed by atoms with Crippen LogP contribution in [0.25, 0.3) is 0 Å². The van der Waals surface area contributed by atoms with Crippen molar-refractivity contribution in [3.8, 4) is 0 Å². The number of hydrogen-bond acceptors (Lipinski definition) is 4. The van der Waals surface area contributed by atoms with E-state index in [2.05, 4.69) is 36.1 Å². The van der Waals surface area contributed by atoms with Gasteiger partial charge in [0.1, 0.15) is 11.5 Å². The van der Waals surface area contributed by atoms with E-state index in [-0.39, 0.29) is 16.3 Å². The van der Waals surface area contributed by atoms with Crippen molar-refractivity contribution in [3.63, 3.8) is 0 Å². The Hall–Kier alpha value is -1.50. The number of imidazole rings is 1. The maximum atomic E-state index is 12.1. The molecule has 7 heteroatoms. The molecule has 1 amide bonds. The van der Waals surface area contributed by atoms with E-state index in [0.717, 1.165) is 19.3 Å². The number of H-pyrrole nitrogens is 1. The third-order valence-corrected chi connectivity index (χ3v) is 4.75. The second kappa shape index (κ2) is 5.71. The van der Waals surface area contributed by atoms with E-state index >= 15 is 0 Å². The molecule has 1 fully saturated rings. The number of carboxylic acid groups (broad SMARTS) is 1. The third kappa shape index (κ3) is 3.78. The number of hydrogen-bond donors (Lipinski definition) is 3. The highest BCUT2D eigenvalue weighted by atomic mass is 32.2. The predicted octanol–water partition coefficient (Wildman–Crippen LogP) is 2.13. The van der Waals surface area contributed by atoms with Gasteiger partial charge < -0.3 is 15.4 Å². The smallest absolute Gasteiger partial charge is 0.353 e. The zero-order valence-electron chi connectivity index (χ0n) is 12.5. The molecule has 1 aromatic rings. The lowest BCUT2D eigenvalue weighted by atomic mass is 9.76.